The van der Waals surface area contributed by atoms with Crippen molar-refractivity contribution in [2.24, 2.45) is 5.92 Å². The molecule has 6 heteroatoms. The average Bonchev–Trinajstić information content (AvgIpc) is 2.78. The second-order valence-corrected chi connectivity index (χ2v) is 8.50. The highest BCUT2D eigenvalue weighted by Gasteiger charge is 2.29. The maximum absolute atomic E-state index is 12.9. The van der Waals surface area contributed by atoms with E-state index in [9.17, 15) is 9.59 Å². The summed E-state index contributed by atoms with van der Waals surface area (Å²) in [5, 5.41) is 10.1. The summed E-state index contributed by atoms with van der Waals surface area (Å²) >= 11 is 0. The Morgan fingerprint density at radius 3 is 2.78 bits per heavy atom. The Balaban J connectivity index is 1.50. The summed E-state index contributed by atoms with van der Waals surface area (Å²) in [7, 11) is 0. The van der Waals surface area contributed by atoms with Crippen molar-refractivity contribution >= 4 is 22.8 Å². The average molecular weight is 433 g/mol. The predicted molar refractivity (Wildman–Crippen MR) is 124 cm³/mol. The molecule has 2 heterocycles. The van der Waals surface area contributed by atoms with Crippen LogP contribution in [-0.4, -0.2) is 46.1 Å². The van der Waals surface area contributed by atoms with Crippen molar-refractivity contribution in [3.63, 3.8) is 0 Å². The topological polar surface area (TPSA) is 79.7 Å². The zero-order valence-electron chi connectivity index (χ0n) is 18.5. The number of fused-ring (bicyclic) bond motifs is 1. The molecule has 1 N–H and O–H groups in total. The van der Waals surface area contributed by atoms with E-state index in [-0.39, 0.29) is 18.2 Å². The molecule has 1 saturated heterocycles. The molecule has 6 nitrogen and oxygen atoms in total. The number of aryl methyl sites for hydroxylation is 1. The molecule has 4 rings (SSSR count). The van der Waals surface area contributed by atoms with Crippen molar-refractivity contribution < 1.29 is 19.4 Å². The van der Waals surface area contributed by atoms with Gasteiger partial charge in [0.1, 0.15) is 5.75 Å². The van der Waals surface area contributed by atoms with Gasteiger partial charge in [0.15, 0.2) is 6.10 Å². The molecule has 3 aromatic rings. The van der Waals surface area contributed by atoms with Crippen LogP contribution >= 0.6 is 0 Å². The number of rotatable bonds is 6. The van der Waals surface area contributed by atoms with Gasteiger partial charge in [0.25, 0.3) is 5.91 Å². The number of aromatic nitrogens is 1. The fraction of sp³-hybridized carbons (Fsp3) is 0.346. The molecular formula is C26H28N2O4. The summed E-state index contributed by atoms with van der Waals surface area (Å²) in [5.74, 6) is -0.335. The third-order valence-corrected chi connectivity index (χ3v) is 6.10. The standard InChI is InChI=1S/C26H28N2O4/c1-17-6-3-4-8-21(17)22-11-12-27-24-15-20(9-10-23(22)24)32-18(2)26(31)28-13-5-7-19(16-28)14-25(29)30/h3-4,6,8-12,15,18-19H,5,7,13-14,16H2,1-2H3,(H,29,30)/t18-,19-/m1/s1. The molecule has 0 aliphatic carbocycles. The molecule has 0 saturated carbocycles. The van der Waals surface area contributed by atoms with Gasteiger partial charge >= 0.3 is 5.97 Å². The van der Waals surface area contributed by atoms with Gasteiger partial charge in [-0.3, -0.25) is 14.6 Å². The molecule has 2 atom stereocenters. The van der Waals surface area contributed by atoms with Crippen LogP contribution in [0, 0.1) is 12.8 Å². The molecule has 1 aromatic heterocycles. The van der Waals surface area contributed by atoms with Gasteiger partial charge in [-0.2, -0.15) is 0 Å². The van der Waals surface area contributed by atoms with Gasteiger partial charge in [0, 0.05) is 37.2 Å². The Kier molecular flexibility index (Phi) is 6.40. The molecule has 32 heavy (non-hydrogen) atoms. The van der Waals surface area contributed by atoms with E-state index >= 15 is 0 Å². The van der Waals surface area contributed by atoms with Gasteiger partial charge in [0.2, 0.25) is 0 Å². The first kappa shape index (κ1) is 21.8. The van der Waals surface area contributed by atoms with Crippen LogP contribution in [0.3, 0.4) is 0 Å². The van der Waals surface area contributed by atoms with Crippen molar-refractivity contribution in [1.82, 2.24) is 9.88 Å². The van der Waals surface area contributed by atoms with E-state index in [0.717, 1.165) is 34.9 Å². The SMILES string of the molecule is Cc1ccccc1-c1ccnc2cc(O[C@H](C)C(=O)N3CCC[C@H](CC(=O)O)C3)ccc12. The zero-order valence-corrected chi connectivity index (χ0v) is 18.5. The molecule has 1 amide bonds. The number of hydrogen-bond donors (Lipinski definition) is 1. The number of carboxylic acid groups (broad SMARTS) is 1. The molecule has 1 fully saturated rings. The van der Waals surface area contributed by atoms with Gasteiger partial charge in [0.05, 0.1) is 5.52 Å². The fourth-order valence-corrected chi connectivity index (χ4v) is 4.50. The van der Waals surface area contributed by atoms with E-state index in [0.29, 0.717) is 18.8 Å². The number of piperidine rings is 1. The van der Waals surface area contributed by atoms with Crippen molar-refractivity contribution in [3.05, 3.63) is 60.3 Å². The molecule has 0 unspecified atom stereocenters. The molecule has 0 radical (unpaired) electrons. The highest BCUT2D eigenvalue weighted by Crippen LogP contribution is 2.32. The minimum absolute atomic E-state index is 0.00198. The highest BCUT2D eigenvalue weighted by molar-refractivity contribution is 5.95. The van der Waals surface area contributed by atoms with Crippen molar-refractivity contribution in [3.8, 4) is 16.9 Å². The number of hydrogen-bond acceptors (Lipinski definition) is 4. The van der Waals surface area contributed by atoms with Crippen molar-refractivity contribution in [1.29, 1.82) is 0 Å². The van der Waals surface area contributed by atoms with Gasteiger partial charge in [-0.05, 0) is 67.5 Å². The van der Waals surface area contributed by atoms with E-state index in [2.05, 4.69) is 24.0 Å². The number of carboxylic acids is 1. The number of ether oxygens (including phenoxy) is 1. The van der Waals surface area contributed by atoms with E-state index in [4.69, 9.17) is 9.84 Å². The first-order chi connectivity index (χ1) is 15.4. The van der Waals surface area contributed by atoms with Crippen LogP contribution in [0.1, 0.15) is 31.7 Å². The minimum Gasteiger partial charge on any atom is -0.481 e. The Morgan fingerprint density at radius 1 is 1.19 bits per heavy atom. The second kappa shape index (κ2) is 9.39. The third-order valence-electron chi connectivity index (χ3n) is 6.10. The van der Waals surface area contributed by atoms with Gasteiger partial charge in [-0.25, -0.2) is 0 Å². The number of carbonyl (C=O) groups excluding carboxylic acids is 1. The normalized spacial score (nSPS) is 17.2. The van der Waals surface area contributed by atoms with Crippen LogP contribution in [0.5, 0.6) is 5.75 Å². The molecule has 0 spiro atoms. The largest absolute Gasteiger partial charge is 0.481 e. The molecule has 1 aliphatic rings. The van der Waals surface area contributed by atoms with E-state index in [1.54, 1.807) is 18.0 Å². The quantitative estimate of drug-likeness (QED) is 0.611. The van der Waals surface area contributed by atoms with Gasteiger partial charge < -0.3 is 14.7 Å². The summed E-state index contributed by atoms with van der Waals surface area (Å²) in [6, 6.07) is 16.0. The summed E-state index contributed by atoms with van der Waals surface area (Å²) in [6.45, 7) is 4.94. The second-order valence-electron chi connectivity index (χ2n) is 8.50. The molecular weight excluding hydrogens is 404 g/mol. The number of benzene rings is 2. The Hall–Kier alpha value is -3.41. The summed E-state index contributed by atoms with van der Waals surface area (Å²) in [5.41, 5.74) is 4.28. The van der Waals surface area contributed by atoms with Crippen molar-refractivity contribution in [2.45, 2.75) is 39.2 Å². The first-order valence-electron chi connectivity index (χ1n) is 11.0. The number of likely N-dealkylation sites (tertiary alicyclic amines) is 1. The lowest BCUT2D eigenvalue weighted by Gasteiger charge is -2.33. The predicted octanol–water partition coefficient (Wildman–Crippen LogP) is 4.69. The highest BCUT2D eigenvalue weighted by atomic mass is 16.5. The Morgan fingerprint density at radius 2 is 2.00 bits per heavy atom. The molecule has 1 aliphatic heterocycles. The van der Waals surface area contributed by atoms with Crippen LogP contribution in [-0.2, 0) is 9.59 Å². The summed E-state index contributed by atoms with van der Waals surface area (Å²) < 4.78 is 5.98. The number of nitrogens with zero attached hydrogens (tertiary/aromatic N) is 2. The maximum atomic E-state index is 12.9. The van der Waals surface area contributed by atoms with Crippen LogP contribution in [0.25, 0.3) is 22.0 Å². The molecule has 0 bridgehead atoms. The summed E-state index contributed by atoms with van der Waals surface area (Å²) in [6.07, 6.45) is 2.89. The van der Waals surface area contributed by atoms with Gasteiger partial charge in [-0.1, -0.05) is 24.3 Å². The van der Waals surface area contributed by atoms with Crippen LogP contribution in [0.2, 0.25) is 0 Å². The lowest BCUT2D eigenvalue weighted by molar-refractivity contribution is -0.143. The maximum Gasteiger partial charge on any atom is 0.303 e. The van der Waals surface area contributed by atoms with Crippen LogP contribution in [0.4, 0.5) is 0 Å². The minimum atomic E-state index is -0.817. The van der Waals surface area contributed by atoms with Crippen LogP contribution in [0.15, 0.2) is 54.7 Å². The first-order valence-corrected chi connectivity index (χ1v) is 11.0. The van der Waals surface area contributed by atoms with E-state index < -0.39 is 12.1 Å². The lowest BCUT2D eigenvalue weighted by atomic mass is 9.94. The smallest absolute Gasteiger partial charge is 0.303 e. The lowest BCUT2D eigenvalue weighted by Crippen LogP contribution is -2.46. The molecule has 166 valence electrons. The fourth-order valence-electron chi connectivity index (χ4n) is 4.50. The van der Waals surface area contributed by atoms with E-state index in [1.807, 2.05) is 36.4 Å². The Bertz CT molecular complexity index is 1140. The Labute approximate surface area is 187 Å². The zero-order chi connectivity index (χ0) is 22.7. The number of carbonyl (C=O) groups is 2. The number of amides is 1. The monoisotopic (exact) mass is 432 g/mol. The summed E-state index contributed by atoms with van der Waals surface area (Å²) in [4.78, 5) is 30.2. The van der Waals surface area contributed by atoms with Crippen molar-refractivity contribution in [2.75, 3.05) is 13.1 Å². The molecule has 2 aromatic carbocycles. The number of pyridine rings is 1. The van der Waals surface area contributed by atoms with Crippen LogP contribution < -0.4 is 4.74 Å². The number of aliphatic carboxylic acids is 1. The van der Waals surface area contributed by atoms with Gasteiger partial charge in [-0.15, -0.1) is 0 Å². The third kappa shape index (κ3) is 4.74. The van der Waals surface area contributed by atoms with E-state index in [1.165, 1.54) is 5.56 Å².